The molecule has 7 nitrogen and oxygen atoms in total. The molecule has 3 heterocycles. The number of aromatic nitrogens is 2. The molecular weight excluding hydrogens is 378 g/mol. The monoisotopic (exact) mass is 407 g/mol. The molecule has 2 fully saturated rings. The smallest absolute Gasteiger partial charge is 0.259 e. The van der Waals surface area contributed by atoms with E-state index in [2.05, 4.69) is 27.2 Å². The van der Waals surface area contributed by atoms with Crippen molar-refractivity contribution in [3.63, 3.8) is 0 Å². The number of likely N-dealkylation sites (tertiary alicyclic amines) is 2. The number of para-hydroxylation sites is 1. The highest BCUT2D eigenvalue weighted by Crippen LogP contribution is 2.33. The fraction of sp³-hybridized carbons (Fsp3) is 0.478. The van der Waals surface area contributed by atoms with Crippen molar-refractivity contribution in [1.82, 2.24) is 19.8 Å². The first-order valence-corrected chi connectivity index (χ1v) is 10.7. The van der Waals surface area contributed by atoms with Gasteiger partial charge in [0.1, 0.15) is 0 Å². The molecule has 0 bridgehead atoms. The number of rotatable bonds is 4. The lowest BCUT2D eigenvalue weighted by Crippen LogP contribution is -2.41. The van der Waals surface area contributed by atoms with Gasteiger partial charge in [0.25, 0.3) is 5.91 Å². The molecule has 2 aliphatic heterocycles. The van der Waals surface area contributed by atoms with Gasteiger partial charge in [-0.25, -0.2) is 9.97 Å². The number of carbonyl (C=O) groups excluding carboxylic acids is 2. The molecule has 2 saturated heterocycles. The molecule has 0 aliphatic carbocycles. The fourth-order valence-electron chi connectivity index (χ4n) is 4.38. The first kappa shape index (κ1) is 20.5. The maximum absolute atomic E-state index is 13.1. The van der Waals surface area contributed by atoms with Crippen LogP contribution in [0.15, 0.2) is 36.5 Å². The normalized spacial score (nSPS) is 20.3. The van der Waals surface area contributed by atoms with Crippen molar-refractivity contribution in [2.75, 3.05) is 32.0 Å². The molecule has 4 rings (SSSR count). The summed E-state index contributed by atoms with van der Waals surface area (Å²) in [6, 6.07) is 9.23. The highest BCUT2D eigenvalue weighted by molar-refractivity contribution is 6.04. The average molecular weight is 408 g/mol. The average Bonchev–Trinajstić information content (AvgIpc) is 3.24. The Labute approximate surface area is 177 Å². The zero-order valence-electron chi connectivity index (χ0n) is 17.7. The lowest BCUT2D eigenvalue weighted by Gasteiger charge is -2.33. The van der Waals surface area contributed by atoms with Gasteiger partial charge in [-0.05, 0) is 64.9 Å². The Morgan fingerprint density at radius 1 is 1.07 bits per heavy atom. The van der Waals surface area contributed by atoms with E-state index in [1.54, 1.807) is 6.20 Å². The number of aryl methyl sites for hydroxylation is 1. The number of carbonyl (C=O) groups is 2. The van der Waals surface area contributed by atoms with E-state index < -0.39 is 0 Å². The van der Waals surface area contributed by atoms with Gasteiger partial charge in [-0.15, -0.1) is 0 Å². The summed E-state index contributed by atoms with van der Waals surface area (Å²) in [5.74, 6) is 0.745. The largest absolute Gasteiger partial charge is 0.332 e. The zero-order chi connectivity index (χ0) is 21.1. The Morgan fingerprint density at radius 3 is 2.50 bits per heavy atom. The molecule has 2 aromatic rings. The third kappa shape index (κ3) is 4.36. The third-order valence-corrected chi connectivity index (χ3v) is 6.18. The van der Waals surface area contributed by atoms with E-state index in [-0.39, 0.29) is 23.8 Å². The van der Waals surface area contributed by atoms with E-state index in [0.29, 0.717) is 17.1 Å². The molecule has 1 N–H and O–H groups in total. The van der Waals surface area contributed by atoms with E-state index in [1.807, 2.05) is 42.2 Å². The minimum absolute atomic E-state index is 0.0953. The third-order valence-electron chi connectivity index (χ3n) is 6.18. The highest BCUT2D eigenvalue weighted by Gasteiger charge is 2.36. The van der Waals surface area contributed by atoms with Crippen LogP contribution in [0.1, 0.15) is 53.6 Å². The van der Waals surface area contributed by atoms with Crippen molar-refractivity contribution >= 4 is 17.5 Å². The van der Waals surface area contributed by atoms with Crippen LogP contribution in [0.2, 0.25) is 0 Å². The minimum atomic E-state index is -0.226. The minimum Gasteiger partial charge on any atom is -0.332 e. The number of hydrogen-bond donors (Lipinski definition) is 1. The van der Waals surface area contributed by atoms with Crippen LogP contribution in [0, 0.1) is 12.8 Å². The van der Waals surface area contributed by atoms with Gasteiger partial charge in [-0.3, -0.25) is 9.59 Å². The SMILES string of the molecule is Cc1nc(C2CCCN2C(=O)C2CCN(C)CC2)ncc1C(=O)Nc1ccccc1. The molecule has 1 aromatic carbocycles. The second-order valence-corrected chi connectivity index (χ2v) is 8.31. The van der Waals surface area contributed by atoms with Crippen LogP contribution in [-0.4, -0.2) is 58.3 Å². The van der Waals surface area contributed by atoms with Gasteiger partial charge in [0.15, 0.2) is 5.82 Å². The number of piperidine rings is 1. The van der Waals surface area contributed by atoms with E-state index in [0.717, 1.165) is 51.0 Å². The van der Waals surface area contributed by atoms with Crippen LogP contribution in [0.3, 0.4) is 0 Å². The summed E-state index contributed by atoms with van der Waals surface area (Å²) in [4.78, 5) is 39.1. The molecule has 0 spiro atoms. The van der Waals surface area contributed by atoms with Crippen molar-refractivity contribution in [2.24, 2.45) is 5.92 Å². The van der Waals surface area contributed by atoms with Gasteiger partial charge >= 0.3 is 0 Å². The Kier molecular flexibility index (Phi) is 6.08. The second kappa shape index (κ2) is 8.92. The maximum Gasteiger partial charge on any atom is 0.259 e. The summed E-state index contributed by atoms with van der Waals surface area (Å²) in [6.45, 7) is 4.52. The zero-order valence-corrected chi connectivity index (χ0v) is 17.7. The number of amides is 2. The van der Waals surface area contributed by atoms with Crippen molar-refractivity contribution in [3.8, 4) is 0 Å². The number of benzene rings is 1. The number of hydrogen-bond acceptors (Lipinski definition) is 5. The Morgan fingerprint density at radius 2 is 1.80 bits per heavy atom. The summed E-state index contributed by atoms with van der Waals surface area (Å²) in [6.07, 6.45) is 5.25. The lowest BCUT2D eigenvalue weighted by atomic mass is 9.95. The molecule has 158 valence electrons. The van der Waals surface area contributed by atoms with Crippen LogP contribution < -0.4 is 5.32 Å². The van der Waals surface area contributed by atoms with Gasteiger partial charge in [0.2, 0.25) is 5.91 Å². The van der Waals surface area contributed by atoms with Gasteiger partial charge in [-0.2, -0.15) is 0 Å². The summed E-state index contributed by atoms with van der Waals surface area (Å²) < 4.78 is 0. The van der Waals surface area contributed by atoms with Gasteiger partial charge in [0.05, 0.1) is 17.3 Å². The predicted molar refractivity (Wildman–Crippen MR) is 115 cm³/mol. The van der Waals surface area contributed by atoms with E-state index in [1.165, 1.54) is 0 Å². The topological polar surface area (TPSA) is 78.4 Å². The van der Waals surface area contributed by atoms with Gasteiger partial charge in [-0.1, -0.05) is 18.2 Å². The first-order valence-electron chi connectivity index (χ1n) is 10.7. The number of nitrogens with one attached hydrogen (secondary N) is 1. The lowest BCUT2D eigenvalue weighted by molar-refractivity contribution is -0.138. The molecule has 2 aliphatic rings. The standard InChI is InChI=1S/C23H29N5O2/c1-16-19(22(29)26-18-7-4-3-5-8-18)15-24-21(25-16)20-9-6-12-28(20)23(30)17-10-13-27(2)14-11-17/h3-5,7-8,15,17,20H,6,9-14H2,1-2H3,(H,26,29). The van der Waals surface area contributed by atoms with E-state index in [9.17, 15) is 9.59 Å². The van der Waals surface area contributed by atoms with Crippen LogP contribution in [0.4, 0.5) is 5.69 Å². The Hall–Kier alpha value is -2.80. The number of anilines is 1. The molecule has 0 saturated carbocycles. The molecule has 30 heavy (non-hydrogen) atoms. The van der Waals surface area contributed by atoms with E-state index >= 15 is 0 Å². The van der Waals surface area contributed by atoms with Crippen molar-refractivity contribution in [3.05, 3.63) is 53.6 Å². The second-order valence-electron chi connectivity index (χ2n) is 8.31. The van der Waals surface area contributed by atoms with Gasteiger partial charge < -0.3 is 15.1 Å². The van der Waals surface area contributed by atoms with Crippen LogP contribution in [0.5, 0.6) is 0 Å². The molecule has 1 unspecified atom stereocenters. The molecule has 2 amide bonds. The molecule has 1 atom stereocenters. The van der Waals surface area contributed by atoms with Crippen LogP contribution in [-0.2, 0) is 4.79 Å². The quantitative estimate of drug-likeness (QED) is 0.843. The van der Waals surface area contributed by atoms with Gasteiger partial charge in [0, 0.05) is 24.3 Å². The van der Waals surface area contributed by atoms with Crippen LogP contribution >= 0.6 is 0 Å². The summed E-state index contributed by atoms with van der Waals surface area (Å²) in [5, 5.41) is 2.87. The molecule has 0 radical (unpaired) electrons. The summed E-state index contributed by atoms with van der Waals surface area (Å²) in [7, 11) is 2.10. The van der Waals surface area contributed by atoms with Crippen molar-refractivity contribution in [1.29, 1.82) is 0 Å². The van der Waals surface area contributed by atoms with E-state index in [4.69, 9.17) is 0 Å². The van der Waals surface area contributed by atoms with Crippen molar-refractivity contribution in [2.45, 2.75) is 38.6 Å². The van der Waals surface area contributed by atoms with Crippen molar-refractivity contribution < 1.29 is 9.59 Å². The van der Waals surface area contributed by atoms with Crippen LogP contribution in [0.25, 0.3) is 0 Å². The summed E-state index contributed by atoms with van der Waals surface area (Å²) in [5.41, 5.74) is 1.82. The molecule has 7 heteroatoms. The molecule has 1 aromatic heterocycles. The summed E-state index contributed by atoms with van der Waals surface area (Å²) >= 11 is 0. The maximum atomic E-state index is 13.1. The predicted octanol–water partition coefficient (Wildman–Crippen LogP) is 3.04. The highest BCUT2D eigenvalue weighted by atomic mass is 16.2. The first-order chi connectivity index (χ1) is 14.5. The Bertz CT molecular complexity index is 909. The Balaban J connectivity index is 1.47. The number of nitrogens with zero attached hydrogens (tertiary/aromatic N) is 4. The fourth-order valence-corrected chi connectivity index (χ4v) is 4.38. The molecular formula is C23H29N5O2.